The van der Waals surface area contributed by atoms with Crippen LogP contribution >= 0.6 is 0 Å². The van der Waals surface area contributed by atoms with Crippen molar-refractivity contribution in [3.05, 3.63) is 45.8 Å². The molecule has 0 N–H and O–H groups in total. The van der Waals surface area contributed by atoms with Gasteiger partial charge in [-0.15, -0.1) is 0 Å². The van der Waals surface area contributed by atoms with E-state index in [9.17, 15) is 0 Å². The van der Waals surface area contributed by atoms with Crippen molar-refractivity contribution in [3.63, 3.8) is 0 Å². The summed E-state index contributed by atoms with van der Waals surface area (Å²) in [6, 6.07) is 0. The molecule has 0 spiro atoms. The summed E-state index contributed by atoms with van der Waals surface area (Å²) in [7, 11) is 2.11. The molecule has 98 valence electrons. The average Bonchev–Trinajstić information content (AvgIpc) is 2.75. The highest BCUT2D eigenvalue weighted by atomic mass is 15.3. The summed E-state index contributed by atoms with van der Waals surface area (Å²) in [6.45, 7) is 13.2. The molecule has 2 rings (SSSR count). The molecule has 1 aliphatic rings. The van der Waals surface area contributed by atoms with Crippen LogP contribution in [0.4, 0.5) is 0 Å². The van der Waals surface area contributed by atoms with Crippen LogP contribution in [0.2, 0.25) is 0 Å². The predicted octanol–water partition coefficient (Wildman–Crippen LogP) is 3.40. The maximum absolute atomic E-state index is 2.36. The van der Waals surface area contributed by atoms with E-state index in [0.717, 1.165) is 13.2 Å². The van der Waals surface area contributed by atoms with Gasteiger partial charge in [-0.05, 0) is 68.0 Å². The molecule has 0 aliphatic carbocycles. The zero-order chi connectivity index (χ0) is 13.4. The molecule has 0 radical (unpaired) electrons. The second-order valence-corrected chi connectivity index (χ2v) is 5.55. The molecule has 2 heteroatoms. The lowest BCUT2D eigenvalue weighted by Gasteiger charge is -2.24. The minimum Gasteiger partial charge on any atom is -0.362 e. The maximum atomic E-state index is 2.36. The SMILES string of the molecule is Cc1c(C)c(C)c(CN2C=CN(C)C2)c(C)c1C. The molecule has 18 heavy (non-hydrogen) atoms. The topological polar surface area (TPSA) is 6.48 Å². The summed E-state index contributed by atoms with van der Waals surface area (Å²) in [5.41, 5.74) is 8.75. The molecule has 0 saturated heterocycles. The van der Waals surface area contributed by atoms with Crippen LogP contribution in [0, 0.1) is 34.6 Å². The second kappa shape index (κ2) is 4.68. The summed E-state index contributed by atoms with van der Waals surface area (Å²) in [5, 5.41) is 0. The van der Waals surface area contributed by atoms with Crippen molar-refractivity contribution in [1.29, 1.82) is 0 Å². The van der Waals surface area contributed by atoms with Crippen LogP contribution in [0.1, 0.15) is 33.4 Å². The van der Waals surface area contributed by atoms with Gasteiger partial charge in [-0.1, -0.05) is 0 Å². The third kappa shape index (κ3) is 2.12. The Morgan fingerprint density at radius 1 is 0.833 bits per heavy atom. The quantitative estimate of drug-likeness (QED) is 0.786. The van der Waals surface area contributed by atoms with E-state index in [-0.39, 0.29) is 0 Å². The van der Waals surface area contributed by atoms with Gasteiger partial charge in [-0.2, -0.15) is 0 Å². The Balaban J connectivity index is 2.36. The Hall–Kier alpha value is -1.44. The van der Waals surface area contributed by atoms with E-state index in [1.807, 2.05) is 0 Å². The predicted molar refractivity (Wildman–Crippen MR) is 77.4 cm³/mol. The van der Waals surface area contributed by atoms with Crippen LogP contribution in [-0.2, 0) is 6.54 Å². The van der Waals surface area contributed by atoms with Crippen molar-refractivity contribution in [2.24, 2.45) is 0 Å². The minimum absolute atomic E-state index is 0.991. The van der Waals surface area contributed by atoms with Gasteiger partial charge in [0.15, 0.2) is 0 Å². The maximum Gasteiger partial charge on any atom is 0.0894 e. The third-order valence-corrected chi connectivity index (χ3v) is 4.45. The van der Waals surface area contributed by atoms with Crippen molar-refractivity contribution in [2.75, 3.05) is 13.7 Å². The number of hydrogen-bond donors (Lipinski definition) is 0. The van der Waals surface area contributed by atoms with Gasteiger partial charge in [0, 0.05) is 26.0 Å². The third-order valence-electron chi connectivity index (χ3n) is 4.45. The van der Waals surface area contributed by atoms with Gasteiger partial charge in [0.1, 0.15) is 0 Å². The molecule has 0 aromatic heterocycles. The first-order valence-electron chi connectivity index (χ1n) is 6.60. The highest BCUT2D eigenvalue weighted by molar-refractivity contribution is 5.49. The van der Waals surface area contributed by atoms with Gasteiger partial charge in [0.2, 0.25) is 0 Å². The zero-order valence-electron chi connectivity index (χ0n) is 12.5. The lowest BCUT2D eigenvalue weighted by Crippen LogP contribution is -2.23. The number of rotatable bonds is 2. The molecule has 2 nitrogen and oxygen atoms in total. The molecular weight excluding hydrogens is 220 g/mol. The van der Waals surface area contributed by atoms with Crippen molar-refractivity contribution in [2.45, 2.75) is 41.2 Å². The molecular formula is C16H24N2. The average molecular weight is 244 g/mol. The molecule has 1 aromatic rings. The molecule has 0 amide bonds. The Morgan fingerprint density at radius 3 is 1.78 bits per heavy atom. The molecule has 0 saturated carbocycles. The Morgan fingerprint density at radius 2 is 1.33 bits per heavy atom. The zero-order valence-corrected chi connectivity index (χ0v) is 12.5. The Labute approximate surface area is 111 Å². The van der Waals surface area contributed by atoms with Crippen LogP contribution in [0.15, 0.2) is 12.4 Å². The first kappa shape index (κ1) is 13.0. The normalized spacial score (nSPS) is 14.8. The van der Waals surface area contributed by atoms with Crippen molar-refractivity contribution >= 4 is 0 Å². The standard InChI is InChI=1S/C16H24N2/c1-11-12(2)14(4)16(15(5)13(11)3)9-18-8-7-17(6)10-18/h7-8H,9-10H2,1-6H3. The van der Waals surface area contributed by atoms with Crippen molar-refractivity contribution < 1.29 is 0 Å². The van der Waals surface area contributed by atoms with Gasteiger partial charge in [-0.3, -0.25) is 0 Å². The summed E-state index contributed by atoms with van der Waals surface area (Å²) in [6.07, 6.45) is 4.32. The Bertz CT molecular complexity index is 471. The van der Waals surface area contributed by atoms with E-state index in [1.165, 1.54) is 33.4 Å². The fourth-order valence-electron chi connectivity index (χ4n) is 2.71. The van der Waals surface area contributed by atoms with Crippen LogP contribution in [0.5, 0.6) is 0 Å². The number of nitrogens with zero attached hydrogens (tertiary/aromatic N) is 2. The van der Waals surface area contributed by atoms with Crippen molar-refractivity contribution in [3.8, 4) is 0 Å². The van der Waals surface area contributed by atoms with Gasteiger partial charge in [-0.25, -0.2) is 0 Å². The molecule has 0 bridgehead atoms. The largest absolute Gasteiger partial charge is 0.362 e. The second-order valence-electron chi connectivity index (χ2n) is 5.55. The summed E-state index contributed by atoms with van der Waals surface area (Å²) in [4.78, 5) is 4.57. The molecule has 1 aliphatic heterocycles. The summed E-state index contributed by atoms with van der Waals surface area (Å²) < 4.78 is 0. The highest BCUT2D eigenvalue weighted by Gasteiger charge is 2.16. The summed E-state index contributed by atoms with van der Waals surface area (Å²) >= 11 is 0. The number of hydrogen-bond acceptors (Lipinski definition) is 2. The first-order chi connectivity index (χ1) is 8.41. The fraction of sp³-hybridized carbons (Fsp3) is 0.500. The lowest BCUT2D eigenvalue weighted by molar-refractivity contribution is 0.290. The van der Waals surface area contributed by atoms with E-state index in [0.29, 0.717) is 0 Å². The first-order valence-corrected chi connectivity index (χ1v) is 6.60. The van der Waals surface area contributed by atoms with E-state index >= 15 is 0 Å². The smallest absolute Gasteiger partial charge is 0.0894 e. The minimum atomic E-state index is 0.991. The molecule has 1 aromatic carbocycles. The van der Waals surface area contributed by atoms with E-state index in [2.05, 4.69) is 63.9 Å². The van der Waals surface area contributed by atoms with Crippen molar-refractivity contribution in [1.82, 2.24) is 9.80 Å². The van der Waals surface area contributed by atoms with Crippen LogP contribution < -0.4 is 0 Å². The van der Waals surface area contributed by atoms with Crippen LogP contribution in [-0.4, -0.2) is 23.5 Å². The monoisotopic (exact) mass is 244 g/mol. The lowest BCUT2D eigenvalue weighted by atomic mass is 9.89. The van der Waals surface area contributed by atoms with Gasteiger partial charge < -0.3 is 9.80 Å². The Kier molecular flexibility index (Phi) is 3.38. The van der Waals surface area contributed by atoms with Gasteiger partial charge in [0.25, 0.3) is 0 Å². The van der Waals surface area contributed by atoms with Gasteiger partial charge in [0.05, 0.1) is 6.67 Å². The molecule has 1 heterocycles. The highest BCUT2D eigenvalue weighted by Crippen LogP contribution is 2.27. The van der Waals surface area contributed by atoms with Crippen LogP contribution in [0.25, 0.3) is 0 Å². The van der Waals surface area contributed by atoms with Crippen LogP contribution in [0.3, 0.4) is 0 Å². The molecule has 0 fully saturated rings. The van der Waals surface area contributed by atoms with E-state index < -0.39 is 0 Å². The molecule has 0 atom stereocenters. The number of benzene rings is 1. The molecule has 0 unspecified atom stereocenters. The fourth-order valence-corrected chi connectivity index (χ4v) is 2.71. The van der Waals surface area contributed by atoms with E-state index in [4.69, 9.17) is 0 Å². The summed E-state index contributed by atoms with van der Waals surface area (Å²) in [5.74, 6) is 0. The van der Waals surface area contributed by atoms with Gasteiger partial charge >= 0.3 is 0 Å². The van der Waals surface area contributed by atoms with E-state index in [1.54, 1.807) is 0 Å².